The van der Waals surface area contributed by atoms with E-state index < -0.39 is 5.03 Å². The van der Waals surface area contributed by atoms with Crippen molar-refractivity contribution in [3.05, 3.63) is 39.9 Å². The van der Waals surface area contributed by atoms with E-state index in [0.29, 0.717) is 12.2 Å². The fraction of sp³-hybridized carbons (Fsp3) is 0.364. The number of hydrogen-bond donors (Lipinski definition) is 3. The number of benzene rings is 1. The lowest BCUT2D eigenvalue weighted by Gasteiger charge is -2.23. The third kappa shape index (κ3) is 3.70. The zero-order chi connectivity index (χ0) is 13.8. The van der Waals surface area contributed by atoms with Crippen LogP contribution >= 0.6 is 0 Å². The van der Waals surface area contributed by atoms with Crippen molar-refractivity contribution in [1.29, 1.82) is 0 Å². The van der Waals surface area contributed by atoms with Crippen LogP contribution in [0, 0.1) is 10.1 Å². The van der Waals surface area contributed by atoms with Crippen LogP contribution in [0.15, 0.2) is 29.4 Å². The summed E-state index contributed by atoms with van der Waals surface area (Å²) in [5.74, 6) is -0.258. The van der Waals surface area contributed by atoms with Crippen molar-refractivity contribution in [2.24, 2.45) is 16.6 Å². The Hall–Kier alpha value is -2.15. The molecule has 0 spiro atoms. The van der Waals surface area contributed by atoms with E-state index in [1.807, 2.05) is 26.0 Å². The van der Waals surface area contributed by atoms with Crippen molar-refractivity contribution < 1.29 is 5.03 Å². The highest BCUT2D eigenvalue weighted by Crippen LogP contribution is 2.23. The Balaban J connectivity index is 2.81. The highest BCUT2D eigenvalue weighted by atomic mass is 16.7. The fourth-order valence-electron chi connectivity index (χ4n) is 1.38. The summed E-state index contributed by atoms with van der Waals surface area (Å²) in [5, 5.41) is 14.8. The van der Waals surface area contributed by atoms with Gasteiger partial charge in [0.05, 0.1) is 0 Å². The Kier molecular flexibility index (Phi) is 4.22. The summed E-state index contributed by atoms with van der Waals surface area (Å²) in [5.41, 5.74) is 12.6. The van der Waals surface area contributed by atoms with Gasteiger partial charge >= 0.3 is 0 Å². The van der Waals surface area contributed by atoms with Crippen LogP contribution in [-0.4, -0.2) is 17.5 Å². The fourth-order valence-corrected chi connectivity index (χ4v) is 1.38. The van der Waals surface area contributed by atoms with E-state index in [-0.39, 0.29) is 11.4 Å². The van der Waals surface area contributed by atoms with E-state index in [1.165, 1.54) is 0 Å². The molecule has 0 heterocycles. The number of guanidine groups is 1. The zero-order valence-electron chi connectivity index (χ0n) is 10.4. The number of anilines is 1. The third-order valence-electron chi connectivity index (χ3n) is 2.64. The molecule has 1 aromatic carbocycles. The average molecular weight is 251 g/mol. The van der Waals surface area contributed by atoms with Crippen molar-refractivity contribution in [2.75, 3.05) is 11.9 Å². The van der Waals surface area contributed by atoms with Crippen LogP contribution in [0.25, 0.3) is 0 Å². The first-order valence-corrected chi connectivity index (χ1v) is 5.41. The van der Waals surface area contributed by atoms with E-state index in [1.54, 1.807) is 12.1 Å². The van der Waals surface area contributed by atoms with Crippen molar-refractivity contribution >= 4 is 11.6 Å². The van der Waals surface area contributed by atoms with Gasteiger partial charge in [0.15, 0.2) is 5.03 Å². The smallest absolute Gasteiger partial charge is 0.270 e. The summed E-state index contributed by atoms with van der Waals surface area (Å²) in [6.07, 6.45) is 0. The van der Waals surface area contributed by atoms with Crippen molar-refractivity contribution in [3.63, 3.8) is 0 Å². The summed E-state index contributed by atoms with van der Waals surface area (Å²) < 4.78 is 0. The molecule has 5 N–H and O–H groups in total. The number of nitrogens with zero attached hydrogens (tertiary/aromatic N) is 2. The number of nitro groups is 1. The molecule has 7 nitrogen and oxygen atoms in total. The van der Waals surface area contributed by atoms with Crippen molar-refractivity contribution in [2.45, 2.75) is 19.3 Å². The highest BCUT2D eigenvalue weighted by molar-refractivity contribution is 5.91. The Labute approximate surface area is 105 Å². The van der Waals surface area contributed by atoms with Crippen molar-refractivity contribution in [1.82, 2.24) is 0 Å². The van der Waals surface area contributed by atoms with E-state index in [9.17, 15) is 10.1 Å². The van der Waals surface area contributed by atoms with Crippen LogP contribution in [-0.2, 0) is 5.41 Å². The monoisotopic (exact) mass is 251 g/mol. The molecule has 7 heteroatoms. The second-order valence-electron chi connectivity index (χ2n) is 4.51. The van der Waals surface area contributed by atoms with Gasteiger partial charge in [0.25, 0.3) is 5.96 Å². The van der Waals surface area contributed by atoms with Gasteiger partial charge in [0, 0.05) is 17.6 Å². The van der Waals surface area contributed by atoms with Crippen LogP contribution in [0.4, 0.5) is 5.69 Å². The number of rotatable bonds is 4. The molecule has 0 saturated heterocycles. The Morgan fingerprint density at radius 1 is 1.44 bits per heavy atom. The molecule has 0 unspecified atom stereocenters. The molecule has 0 aromatic heterocycles. The molecular formula is C11H17N5O2. The lowest BCUT2D eigenvalue weighted by atomic mass is 9.85. The van der Waals surface area contributed by atoms with Gasteiger partial charge in [-0.1, -0.05) is 26.0 Å². The van der Waals surface area contributed by atoms with Gasteiger partial charge in [0.1, 0.15) is 5.10 Å². The highest BCUT2D eigenvalue weighted by Gasteiger charge is 2.17. The van der Waals surface area contributed by atoms with Gasteiger partial charge < -0.3 is 16.8 Å². The topological polar surface area (TPSA) is 120 Å². The summed E-state index contributed by atoms with van der Waals surface area (Å²) in [4.78, 5) is 10.1. The Morgan fingerprint density at radius 2 is 2.00 bits per heavy atom. The molecule has 0 aliphatic rings. The quantitative estimate of drug-likeness (QED) is 0.317. The first-order chi connectivity index (χ1) is 8.35. The maximum Gasteiger partial charge on any atom is 0.270 e. The van der Waals surface area contributed by atoms with E-state index in [2.05, 4.69) is 10.4 Å². The second-order valence-corrected chi connectivity index (χ2v) is 4.51. The molecule has 0 saturated carbocycles. The molecule has 0 bridgehead atoms. The lowest BCUT2D eigenvalue weighted by molar-refractivity contribution is -0.485. The van der Waals surface area contributed by atoms with E-state index in [0.717, 1.165) is 5.56 Å². The lowest BCUT2D eigenvalue weighted by Crippen LogP contribution is -2.28. The predicted octanol–water partition coefficient (Wildman–Crippen LogP) is 0.841. The van der Waals surface area contributed by atoms with Crippen LogP contribution in [0.5, 0.6) is 0 Å². The van der Waals surface area contributed by atoms with Crippen LogP contribution in [0.1, 0.15) is 19.4 Å². The van der Waals surface area contributed by atoms with Crippen LogP contribution in [0.2, 0.25) is 0 Å². The number of nitrogens with two attached hydrogens (primary N) is 2. The Bertz CT molecular complexity index is 453. The minimum atomic E-state index is -0.853. The molecule has 1 aromatic rings. The van der Waals surface area contributed by atoms with Crippen molar-refractivity contribution in [3.8, 4) is 0 Å². The molecule has 18 heavy (non-hydrogen) atoms. The predicted molar refractivity (Wildman–Crippen MR) is 70.8 cm³/mol. The summed E-state index contributed by atoms with van der Waals surface area (Å²) in [6.45, 7) is 4.61. The molecule has 0 radical (unpaired) electrons. The maximum absolute atomic E-state index is 10.1. The molecule has 0 aliphatic carbocycles. The molecule has 0 amide bonds. The molecule has 98 valence electrons. The van der Waals surface area contributed by atoms with Gasteiger partial charge in [-0.25, -0.2) is 10.1 Å². The first-order valence-electron chi connectivity index (χ1n) is 5.41. The second kappa shape index (κ2) is 5.46. The molecule has 0 fully saturated rings. The average Bonchev–Trinajstić information content (AvgIpc) is 2.28. The van der Waals surface area contributed by atoms with E-state index in [4.69, 9.17) is 11.5 Å². The summed E-state index contributed by atoms with van der Waals surface area (Å²) >= 11 is 0. The standard InChI is InChI=1S/C11H17N5O2/c1-11(2,7-12)8-3-5-9(6-4-8)14-10(13)15-16(17)18/h3-6H,7,12H2,1-2H3,(H3,13,14,15). The van der Waals surface area contributed by atoms with Gasteiger partial charge in [-0.2, -0.15) is 0 Å². The first kappa shape index (κ1) is 13.9. The van der Waals surface area contributed by atoms with E-state index >= 15 is 0 Å². The third-order valence-corrected chi connectivity index (χ3v) is 2.64. The summed E-state index contributed by atoms with van der Waals surface area (Å²) in [6, 6.07) is 7.34. The zero-order valence-corrected chi connectivity index (χ0v) is 10.4. The largest absolute Gasteiger partial charge is 0.364 e. The molecule has 0 atom stereocenters. The van der Waals surface area contributed by atoms with Gasteiger partial charge in [0.2, 0.25) is 0 Å². The normalized spacial score (nSPS) is 12.3. The molecular weight excluding hydrogens is 234 g/mol. The molecule has 0 aliphatic heterocycles. The number of hydrazone groups is 1. The minimum absolute atomic E-state index is 0.112. The number of hydrogen-bond acceptors (Lipinski definition) is 3. The minimum Gasteiger partial charge on any atom is -0.364 e. The van der Waals surface area contributed by atoms with Gasteiger partial charge in [-0.05, 0) is 17.7 Å². The number of nitrogens with one attached hydrogen (secondary N) is 1. The van der Waals surface area contributed by atoms with Crippen LogP contribution < -0.4 is 16.8 Å². The maximum atomic E-state index is 10.1. The SMILES string of the molecule is CC(C)(CN)c1ccc(NC(N)=N[N+](=O)[O-])cc1. The Morgan fingerprint density at radius 3 is 2.44 bits per heavy atom. The molecule has 1 rings (SSSR count). The van der Waals surface area contributed by atoms with Gasteiger partial charge in [-0.15, -0.1) is 0 Å². The summed E-state index contributed by atoms with van der Waals surface area (Å²) in [7, 11) is 0. The van der Waals surface area contributed by atoms with Gasteiger partial charge in [-0.3, -0.25) is 0 Å². The van der Waals surface area contributed by atoms with Crippen LogP contribution in [0.3, 0.4) is 0 Å².